The van der Waals surface area contributed by atoms with E-state index in [4.69, 9.17) is 0 Å². The lowest BCUT2D eigenvalue weighted by atomic mass is 10.2. The van der Waals surface area contributed by atoms with Gasteiger partial charge in [-0.15, -0.1) is 4.72 Å². The number of rotatable bonds is 5. The largest absolute Gasteiger partial charge is 0.598 e. The van der Waals surface area contributed by atoms with Crippen molar-refractivity contribution in [3.63, 3.8) is 0 Å². The van der Waals surface area contributed by atoms with Crippen molar-refractivity contribution >= 4 is 17.2 Å². The maximum atomic E-state index is 12.1. The number of anilines is 1. The smallest absolute Gasteiger partial charge is 0.136 e. The van der Waals surface area contributed by atoms with E-state index in [1.807, 2.05) is 58.0 Å². The van der Waals surface area contributed by atoms with E-state index in [1.54, 1.807) is 0 Å². The molecule has 0 spiro atoms. The highest BCUT2D eigenvalue weighted by Gasteiger charge is 2.30. The monoisotopic (exact) mass is 285 g/mol. The Morgan fingerprint density at radius 2 is 2.05 bits per heavy atom. The fourth-order valence-corrected chi connectivity index (χ4v) is 2.19. The standard InChI is InChI=1S/C13H23N3O2S/c1-13(2,3)19(18)15-11(9-17)10-7-6-8-12(14-10)16(4)5/h6-8,11,15,17H,9H2,1-5H3/t11-,19+/m1/s1. The van der Waals surface area contributed by atoms with E-state index in [-0.39, 0.29) is 11.4 Å². The Labute approximate surface area is 118 Å². The Morgan fingerprint density at radius 1 is 1.42 bits per heavy atom. The van der Waals surface area contributed by atoms with Crippen molar-refractivity contribution in [3.05, 3.63) is 23.9 Å². The number of aliphatic hydroxyl groups excluding tert-OH is 1. The van der Waals surface area contributed by atoms with Gasteiger partial charge in [-0.3, -0.25) is 0 Å². The zero-order valence-corrected chi connectivity index (χ0v) is 13.0. The average molecular weight is 285 g/mol. The Morgan fingerprint density at radius 3 is 2.53 bits per heavy atom. The number of nitrogens with one attached hydrogen (secondary N) is 1. The topological polar surface area (TPSA) is 71.5 Å². The summed E-state index contributed by atoms with van der Waals surface area (Å²) in [5.41, 5.74) is 0.686. The lowest BCUT2D eigenvalue weighted by Gasteiger charge is -2.27. The number of hydrogen-bond acceptors (Lipinski definition) is 5. The molecule has 6 heteroatoms. The second-order valence-electron chi connectivity index (χ2n) is 5.55. The second kappa shape index (κ2) is 6.56. The van der Waals surface area contributed by atoms with Gasteiger partial charge in [-0.25, -0.2) is 4.98 Å². The van der Waals surface area contributed by atoms with Gasteiger partial charge in [0, 0.05) is 25.5 Å². The van der Waals surface area contributed by atoms with Gasteiger partial charge in [0.2, 0.25) is 0 Å². The molecule has 1 rings (SSSR count). The van der Waals surface area contributed by atoms with Crippen LogP contribution in [-0.4, -0.2) is 40.1 Å². The summed E-state index contributed by atoms with van der Waals surface area (Å²) in [7, 11) is 3.81. The van der Waals surface area contributed by atoms with Crippen LogP contribution in [0.5, 0.6) is 0 Å². The van der Waals surface area contributed by atoms with Crippen LogP contribution in [0.4, 0.5) is 5.82 Å². The molecule has 5 nitrogen and oxygen atoms in total. The molecular formula is C13H23N3O2S. The molecule has 0 saturated carbocycles. The number of hydrogen-bond donors (Lipinski definition) is 2. The van der Waals surface area contributed by atoms with E-state index in [9.17, 15) is 9.66 Å². The predicted octanol–water partition coefficient (Wildman–Crippen LogP) is 1.23. The highest BCUT2D eigenvalue weighted by atomic mass is 32.2. The third kappa shape index (κ3) is 4.65. The summed E-state index contributed by atoms with van der Waals surface area (Å²) in [5, 5.41) is 9.47. The molecule has 0 radical (unpaired) electrons. The molecular weight excluding hydrogens is 262 g/mol. The molecule has 1 heterocycles. The van der Waals surface area contributed by atoms with Crippen LogP contribution < -0.4 is 9.62 Å². The van der Waals surface area contributed by atoms with E-state index in [0.29, 0.717) is 5.69 Å². The fourth-order valence-electron chi connectivity index (χ4n) is 1.38. The molecule has 1 aromatic heterocycles. The van der Waals surface area contributed by atoms with Crippen LogP contribution >= 0.6 is 0 Å². The summed E-state index contributed by atoms with van der Waals surface area (Å²) < 4.78 is 14.6. The van der Waals surface area contributed by atoms with Crippen LogP contribution in [0, 0.1) is 0 Å². The number of pyridine rings is 1. The maximum Gasteiger partial charge on any atom is 0.136 e. The van der Waals surface area contributed by atoms with E-state index in [1.165, 1.54) is 0 Å². The van der Waals surface area contributed by atoms with Gasteiger partial charge in [-0.1, -0.05) is 6.07 Å². The summed E-state index contributed by atoms with van der Waals surface area (Å²) in [6, 6.07) is 5.15. The minimum absolute atomic E-state index is 0.147. The van der Waals surface area contributed by atoms with Gasteiger partial charge >= 0.3 is 0 Å². The Hall–Kier alpha value is -0.820. The van der Waals surface area contributed by atoms with E-state index < -0.39 is 17.4 Å². The zero-order valence-electron chi connectivity index (χ0n) is 12.2. The normalized spacial score (nSPS) is 15.1. The van der Waals surface area contributed by atoms with Gasteiger partial charge < -0.3 is 14.6 Å². The Bertz CT molecular complexity index is 407. The fraction of sp³-hybridized carbons (Fsp3) is 0.615. The highest BCUT2D eigenvalue weighted by molar-refractivity contribution is 7.90. The SMILES string of the molecule is CN(C)c1cccc([C@@H](CO)N[S@@+]([O-])C(C)(C)C)n1. The summed E-state index contributed by atoms with van der Waals surface area (Å²) >= 11 is -1.25. The third-order valence-corrected chi connectivity index (χ3v) is 4.17. The molecule has 0 unspecified atom stereocenters. The molecule has 0 saturated heterocycles. The molecule has 0 amide bonds. The molecule has 0 aliphatic heterocycles. The van der Waals surface area contributed by atoms with Crippen molar-refractivity contribution in [1.29, 1.82) is 0 Å². The van der Waals surface area contributed by atoms with Crippen molar-refractivity contribution in [1.82, 2.24) is 9.71 Å². The van der Waals surface area contributed by atoms with Crippen molar-refractivity contribution in [2.45, 2.75) is 31.6 Å². The van der Waals surface area contributed by atoms with Crippen LogP contribution in [-0.2, 0) is 11.4 Å². The van der Waals surface area contributed by atoms with Crippen molar-refractivity contribution in [3.8, 4) is 0 Å². The number of aromatic nitrogens is 1. The number of nitrogens with zero attached hydrogens (tertiary/aromatic N) is 2. The molecule has 0 aromatic carbocycles. The van der Waals surface area contributed by atoms with Gasteiger partial charge in [0.25, 0.3) is 0 Å². The summed E-state index contributed by atoms with van der Waals surface area (Å²) in [4.78, 5) is 6.34. The molecule has 0 bridgehead atoms. The molecule has 2 atom stereocenters. The summed E-state index contributed by atoms with van der Waals surface area (Å²) in [6.45, 7) is 5.50. The lowest BCUT2D eigenvalue weighted by molar-refractivity contribution is 0.256. The van der Waals surface area contributed by atoms with Crippen LogP contribution in [0.25, 0.3) is 0 Å². The summed E-state index contributed by atoms with van der Waals surface area (Å²) in [5.74, 6) is 0.805. The third-order valence-electron chi connectivity index (χ3n) is 2.56. The van der Waals surface area contributed by atoms with Gasteiger partial charge in [0.15, 0.2) is 0 Å². The molecule has 0 fully saturated rings. The summed E-state index contributed by atoms with van der Waals surface area (Å²) in [6.07, 6.45) is 0. The second-order valence-corrected chi connectivity index (χ2v) is 7.55. The first-order valence-corrected chi connectivity index (χ1v) is 7.34. The minimum Gasteiger partial charge on any atom is -0.598 e. The quantitative estimate of drug-likeness (QED) is 0.796. The Balaban J connectivity index is 2.88. The van der Waals surface area contributed by atoms with Gasteiger partial charge in [-0.2, -0.15) is 0 Å². The van der Waals surface area contributed by atoms with Gasteiger partial charge in [0.05, 0.1) is 12.3 Å². The van der Waals surface area contributed by atoms with Crippen LogP contribution in [0.1, 0.15) is 32.5 Å². The van der Waals surface area contributed by atoms with Crippen molar-refractivity contribution in [2.24, 2.45) is 0 Å². The molecule has 1 aromatic rings. The highest BCUT2D eigenvalue weighted by Crippen LogP contribution is 2.20. The molecule has 19 heavy (non-hydrogen) atoms. The van der Waals surface area contributed by atoms with E-state index in [2.05, 4.69) is 9.71 Å². The predicted molar refractivity (Wildman–Crippen MR) is 79.4 cm³/mol. The van der Waals surface area contributed by atoms with Crippen LogP contribution in [0.3, 0.4) is 0 Å². The first-order chi connectivity index (χ1) is 8.75. The molecule has 108 valence electrons. The van der Waals surface area contributed by atoms with Crippen molar-refractivity contribution in [2.75, 3.05) is 25.6 Å². The zero-order chi connectivity index (χ0) is 14.6. The minimum atomic E-state index is -1.25. The first kappa shape index (κ1) is 16.2. The van der Waals surface area contributed by atoms with Crippen LogP contribution in [0.2, 0.25) is 0 Å². The Kier molecular flexibility index (Phi) is 5.61. The van der Waals surface area contributed by atoms with E-state index in [0.717, 1.165) is 5.82 Å². The maximum absolute atomic E-state index is 12.1. The van der Waals surface area contributed by atoms with Crippen LogP contribution in [0.15, 0.2) is 18.2 Å². The van der Waals surface area contributed by atoms with Gasteiger partial charge in [0.1, 0.15) is 16.6 Å². The molecule has 0 aliphatic rings. The molecule has 0 aliphatic carbocycles. The number of aliphatic hydroxyl groups is 1. The average Bonchev–Trinajstić information content (AvgIpc) is 2.34. The first-order valence-electron chi connectivity index (χ1n) is 6.19. The lowest BCUT2D eigenvalue weighted by Crippen LogP contribution is -2.42. The van der Waals surface area contributed by atoms with E-state index >= 15 is 0 Å². The molecule has 2 N–H and O–H groups in total. The van der Waals surface area contributed by atoms with Gasteiger partial charge in [-0.05, 0) is 32.9 Å². The van der Waals surface area contributed by atoms with Crippen molar-refractivity contribution < 1.29 is 9.66 Å².